The molecule has 0 radical (unpaired) electrons. The van der Waals surface area contributed by atoms with Crippen LogP contribution in [0.3, 0.4) is 0 Å². The van der Waals surface area contributed by atoms with Gasteiger partial charge in [0, 0.05) is 6.04 Å². The Balaban J connectivity index is 2.33. The molecule has 0 aliphatic carbocycles. The van der Waals surface area contributed by atoms with Crippen molar-refractivity contribution in [2.75, 3.05) is 13.2 Å². The maximum absolute atomic E-state index is 12.0. The van der Waals surface area contributed by atoms with Gasteiger partial charge < -0.3 is 4.74 Å². The van der Waals surface area contributed by atoms with Crippen molar-refractivity contribution in [1.29, 1.82) is 0 Å². The first-order valence-corrected chi connectivity index (χ1v) is 6.78. The average molecular weight is 241 g/mol. The van der Waals surface area contributed by atoms with E-state index in [1.165, 1.54) is 0 Å². The quantitative estimate of drug-likeness (QED) is 0.800. The molecule has 0 bridgehead atoms. The van der Waals surface area contributed by atoms with Crippen LogP contribution < -0.4 is 4.72 Å². The van der Waals surface area contributed by atoms with E-state index < -0.39 is 15.3 Å². The largest absolute Gasteiger partial charge is 0.378 e. The van der Waals surface area contributed by atoms with Crippen LogP contribution in [0.4, 0.5) is 0 Å². The van der Waals surface area contributed by atoms with Crippen LogP contribution in [-0.4, -0.2) is 27.7 Å². The number of hydrogen-bond acceptors (Lipinski definition) is 3. The van der Waals surface area contributed by atoms with Gasteiger partial charge in [0.25, 0.3) is 0 Å². The number of rotatable bonds is 1. The highest BCUT2D eigenvalue weighted by atomic mass is 32.2. The van der Waals surface area contributed by atoms with E-state index in [1.807, 2.05) is 30.3 Å². The van der Waals surface area contributed by atoms with Gasteiger partial charge in [-0.3, -0.25) is 0 Å². The van der Waals surface area contributed by atoms with Gasteiger partial charge in [-0.2, -0.15) is 0 Å². The maximum Gasteiger partial charge on any atom is 0.221 e. The van der Waals surface area contributed by atoms with Gasteiger partial charge in [-0.25, -0.2) is 13.1 Å². The number of ether oxygens (including phenoxy) is 1. The average Bonchev–Trinajstić information content (AvgIpc) is 2.37. The van der Waals surface area contributed by atoms with E-state index in [0.717, 1.165) is 5.56 Å². The Bertz CT molecular complexity index is 444. The summed E-state index contributed by atoms with van der Waals surface area (Å²) < 4.78 is 32.0. The summed E-state index contributed by atoms with van der Waals surface area (Å²) in [6.07, 6.45) is 0. The van der Waals surface area contributed by atoms with Crippen LogP contribution in [0.15, 0.2) is 30.3 Å². The minimum Gasteiger partial charge on any atom is -0.378 e. The van der Waals surface area contributed by atoms with Gasteiger partial charge in [-0.15, -0.1) is 0 Å². The highest BCUT2D eigenvalue weighted by molar-refractivity contribution is 7.89. The van der Waals surface area contributed by atoms with Crippen molar-refractivity contribution in [3.63, 3.8) is 0 Å². The predicted octanol–water partition coefficient (Wildman–Crippen LogP) is 1.07. The lowest BCUT2D eigenvalue weighted by atomic mass is 10.1. The number of benzene rings is 1. The topological polar surface area (TPSA) is 55.4 Å². The molecule has 1 aliphatic heterocycles. The lowest BCUT2D eigenvalue weighted by molar-refractivity contribution is 0.128. The van der Waals surface area contributed by atoms with E-state index in [0.29, 0.717) is 6.61 Å². The van der Waals surface area contributed by atoms with Crippen LogP contribution in [0.25, 0.3) is 0 Å². The van der Waals surface area contributed by atoms with Gasteiger partial charge >= 0.3 is 0 Å². The van der Waals surface area contributed by atoms with E-state index >= 15 is 0 Å². The summed E-state index contributed by atoms with van der Waals surface area (Å²) in [5, 5.41) is -0.612. The first kappa shape index (κ1) is 11.6. The summed E-state index contributed by atoms with van der Waals surface area (Å²) in [6.45, 7) is 2.43. The van der Waals surface area contributed by atoms with E-state index in [-0.39, 0.29) is 12.6 Å². The zero-order chi connectivity index (χ0) is 11.6. The summed E-state index contributed by atoms with van der Waals surface area (Å²) in [7, 11) is -3.34. The summed E-state index contributed by atoms with van der Waals surface area (Å²) >= 11 is 0. The molecule has 0 saturated carbocycles. The zero-order valence-electron chi connectivity index (χ0n) is 9.09. The number of nitrogens with one attached hydrogen (secondary N) is 1. The third-order valence-corrected chi connectivity index (χ3v) is 4.44. The molecule has 1 fully saturated rings. The van der Waals surface area contributed by atoms with E-state index in [1.54, 1.807) is 6.92 Å². The number of sulfonamides is 1. The predicted molar refractivity (Wildman–Crippen MR) is 61.5 cm³/mol. The van der Waals surface area contributed by atoms with E-state index in [9.17, 15) is 8.42 Å². The Morgan fingerprint density at radius 3 is 2.62 bits per heavy atom. The molecule has 1 heterocycles. The Morgan fingerprint density at radius 1 is 1.25 bits per heavy atom. The number of hydrogen-bond donors (Lipinski definition) is 1. The Hall–Kier alpha value is -0.910. The molecule has 5 heteroatoms. The van der Waals surface area contributed by atoms with Crippen molar-refractivity contribution in [2.45, 2.75) is 18.2 Å². The molecular weight excluding hydrogens is 226 g/mol. The second-order valence-corrected chi connectivity index (χ2v) is 5.90. The molecule has 16 heavy (non-hydrogen) atoms. The summed E-state index contributed by atoms with van der Waals surface area (Å²) in [4.78, 5) is 0. The van der Waals surface area contributed by atoms with Crippen LogP contribution >= 0.6 is 0 Å². The second kappa shape index (κ2) is 4.53. The van der Waals surface area contributed by atoms with Crippen LogP contribution in [0.5, 0.6) is 0 Å². The maximum atomic E-state index is 12.0. The fourth-order valence-corrected chi connectivity index (χ4v) is 3.37. The van der Waals surface area contributed by atoms with Crippen LogP contribution in [-0.2, 0) is 14.8 Å². The first-order chi connectivity index (χ1) is 7.59. The minimum atomic E-state index is -3.34. The van der Waals surface area contributed by atoms with Crippen molar-refractivity contribution >= 4 is 10.0 Å². The lowest BCUT2D eigenvalue weighted by Crippen LogP contribution is -2.35. The molecule has 1 aliphatic rings. The molecule has 0 spiro atoms. The molecule has 2 atom stereocenters. The molecule has 1 unspecified atom stereocenters. The molecule has 0 aromatic heterocycles. The van der Waals surface area contributed by atoms with Gasteiger partial charge in [-0.1, -0.05) is 30.3 Å². The third-order valence-electron chi connectivity index (χ3n) is 2.55. The Labute approximate surface area is 95.7 Å². The monoisotopic (exact) mass is 241 g/mol. The fourth-order valence-electron chi connectivity index (χ4n) is 1.78. The highest BCUT2D eigenvalue weighted by Gasteiger charge is 2.31. The van der Waals surface area contributed by atoms with Crippen molar-refractivity contribution in [3.05, 3.63) is 35.9 Å². The first-order valence-electron chi connectivity index (χ1n) is 5.23. The van der Waals surface area contributed by atoms with Crippen LogP contribution in [0.1, 0.15) is 17.7 Å². The molecule has 1 aromatic carbocycles. The van der Waals surface area contributed by atoms with Crippen LogP contribution in [0, 0.1) is 0 Å². The second-order valence-electron chi connectivity index (χ2n) is 4.00. The van der Waals surface area contributed by atoms with Gasteiger partial charge in [-0.05, 0) is 12.5 Å². The highest BCUT2D eigenvalue weighted by Crippen LogP contribution is 2.23. The SMILES string of the molecule is C[C@H]1COCC(c2ccccc2)S(=O)(=O)N1. The lowest BCUT2D eigenvalue weighted by Gasteiger charge is -2.15. The standard InChI is InChI=1S/C11H15NO3S/c1-9-7-15-8-11(16(13,14)12-9)10-5-3-2-4-6-10/h2-6,9,11-12H,7-8H2,1H3/t9-,11?/m0/s1. The van der Waals surface area contributed by atoms with Gasteiger partial charge in [0.2, 0.25) is 10.0 Å². The summed E-state index contributed by atoms with van der Waals surface area (Å²) in [5.41, 5.74) is 0.768. The fraction of sp³-hybridized carbons (Fsp3) is 0.455. The minimum absolute atomic E-state index is 0.168. The van der Waals surface area contributed by atoms with Gasteiger partial charge in [0.1, 0.15) is 5.25 Å². The smallest absolute Gasteiger partial charge is 0.221 e. The van der Waals surface area contributed by atoms with Crippen molar-refractivity contribution < 1.29 is 13.2 Å². The molecule has 2 rings (SSSR count). The molecule has 1 aromatic rings. The third kappa shape index (κ3) is 2.42. The molecule has 1 saturated heterocycles. The van der Waals surface area contributed by atoms with Crippen molar-refractivity contribution in [1.82, 2.24) is 4.72 Å². The van der Waals surface area contributed by atoms with Crippen LogP contribution in [0.2, 0.25) is 0 Å². The summed E-state index contributed by atoms with van der Waals surface area (Å²) in [6, 6.07) is 8.98. The van der Waals surface area contributed by atoms with Gasteiger partial charge in [0.15, 0.2) is 0 Å². The van der Waals surface area contributed by atoms with Crippen molar-refractivity contribution in [3.8, 4) is 0 Å². The van der Waals surface area contributed by atoms with Crippen molar-refractivity contribution in [2.24, 2.45) is 0 Å². The Morgan fingerprint density at radius 2 is 1.94 bits per heavy atom. The molecule has 1 N–H and O–H groups in total. The molecule has 0 amide bonds. The van der Waals surface area contributed by atoms with Gasteiger partial charge in [0.05, 0.1) is 13.2 Å². The Kier molecular flexibility index (Phi) is 3.28. The molecule has 88 valence electrons. The summed E-state index contributed by atoms with van der Waals surface area (Å²) in [5.74, 6) is 0. The van der Waals surface area contributed by atoms with E-state index in [4.69, 9.17) is 4.74 Å². The van der Waals surface area contributed by atoms with E-state index in [2.05, 4.69) is 4.72 Å². The normalized spacial score (nSPS) is 29.6. The molecular formula is C11H15NO3S. The zero-order valence-corrected chi connectivity index (χ0v) is 9.91. The molecule has 4 nitrogen and oxygen atoms in total.